The van der Waals surface area contributed by atoms with E-state index in [9.17, 15) is 0 Å². The van der Waals surface area contributed by atoms with E-state index in [1.165, 1.54) is 0 Å². The molecule has 2 rings (SSSR count). The molecule has 0 aromatic carbocycles. The zero-order chi connectivity index (χ0) is 9.97. The number of hydrogen-bond donors (Lipinski definition) is 2. The van der Waals surface area contributed by atoms with Crippen LogP contribution in [0.1, 0.15) is 11.3 Å². The van der Waals surface area contributed by atoms with Gasteiger partial charge in [-0.1, -0.05) is 0 Å². The molecule has 0 spiro atoms. The van der Waals surface area contributed by atoms with Crippen LogP contribution in [0.3, 0.4) is 0 Å². The third-order valence-electron chi connectivity index (χ3n) is 2.23. The van der Waals surface area contributed by atoms with Gasteiger partial charge in [0.2, 0.25) is 0 Å². The summed E-state index contributed by atoms with van der Waals surface area (Å²) in [6.45, 7) is 2.47. The van der Waals surface area contributed by atoms with Crippen LogP contribution in [0, 0.1) is 6.92 Å². The smallest absolute Gasteiger partial charge is 0.0969 e. The normalized spacial score (nSPS) is 10.4. The molecule has 3 N–H and O–H groups in total. The lowest BCUT2D eigenvalue weighted by Crippen LogP contribution is -1.98. The van der Waals surface area contributed by atoms with Gasteiger partial charge < -0.3 is 5.73 Å². The molecule has 2 aromatic rings. The zero-order valence-electron chi connectivity index (χ0n) is 7.99. The first-order valence-corrected chi connectivity index (χ1v) is 4.47. The van der Waals surface area contributed by atoms with E-state index in [-0.39, 0.29) is 0 Å². The maximum absolute atomic E-state index is 5.66. The van der Waals surface area contributed by atoms with Gasteiger partial charge in [0.1, 0.15) is 0 Å². The predicted molar refractivity (Wildman–Crippen MR) is 54.4 cm³/mol. The maximum atomic E-state index is 5.66. The summed E-state index contributed by atoms with van der Waals surface area (Å²) in [6.07, 6.45) is 3.50. The number of nitrogens with zero attached hydrogens (tertiary/aromatic N) is 2. The van der Waals surface area contributed by atoms with E-state index in [0.29, 0.717) is 6.54 Å². The van der Waals surface area contributed by atoms with Crippen LogP contribution < -0.4 is 5.73 Å². The molecular formula is C10H12N4. The van der Waals surface area contributed by atoms with Gasteiger partial charge in [-0.3, -0.25) is 10.1 Å². The number of aromatic nitrogens is 3. The van der Waals surface area contributed by atoms with Gasteiger partial charge in [-0.05, 0) is 19.1 Å². The largest absolute Gasteiger partial charge is 0.326 e. The Bertz CT molecular complexity index is 419. The first-order chi connectivity index (χ1) is 6.83. The Morgan fingerprint density at radius 2 is 2.07 bits per heavy atom. The molecule has 0 unspecified atom stereocenters. The summed E-state index contributed by atoms with van der Waals surface area (Å²) in [5, 5.41) is 7.16. The van der Waals surface area contributed by atoms with E-state index < -0.39 is 0 Å². The van der Waals surface area contributed by atoms with Crippen LogP contribution in [0.5, 0.6) is 0 Å². The minimum Gasteiger partial charge on any atom is -0.326 e. The minimum absolute atomic E-state index is 0.500. The molecule has 4 heteroatoms. The standard InChI is InChI=1S/C10H12N4/c1-7-9(6-11)10(14-13-7)8-2-4-12-5-3-8/h2-5H,6,11H2,1H3,(H,13,14). The van der Waals surface area contributed by atoms with Crippen molar-refractivity contribution in [3.63, 3.8) is 0 Å². The van der Waals surface area contributed by atoms with Crippen molar-refractivity contribution in [2.24, 2.45) is 5.73 Å². The average molecular weight is 188 g/mol. The number of nitrogens with one attached hydrogen (secondary N) is 1. The topological polar surface area (TPSA) is 67.6 Å². The molecule has 0 aliphatic rings. The van der Waals surface area contributed by atoms with Crippen molar-refractivity contribution < 1.29 is 0 Å². The lowest BCUT2D eigenvalue weighted by Gasteiger charge is -1.99. The zero-order valence-corrected chi connectivity index (χ0v) is 7.99. The Morgan fingerprint density at radius 3 is 2.71 bits per heavy atom. The van der Waals surface area contributed by atoms with E-state index >= 15 is 0 Å². The van der Waals surface area contributed by atoms with Gasteiger partial charge in [0.25, 0.3) is 0 Å². The van der Waals surface area contributed by atoms with E-state index in [1.54, 1.807) is 12.4 Å². The third-order valence-corrected chi connectivity index (χ3v) is 2.23. The van der Waals surface area contributed by atoms with Gasteiger partial charge in [0.15, 0.2) is 0 Å². The summed E-state index contributed by atoms with van der Waals surface area (Å²) in [5.74, 6) is 0. The van der Waals surface area contributed by atoms with Crippen molar-refractivity contribution in [3.05, 3.63) is 35.8 Å². The van der Waals surface area contributed by atoms with Crippen molar-refractivity contribution in [2.45, 2.75) is 13.5 Å². The van der Waals surface area contributed by atoms with Crippen molar-refractivity contribution in [2.75, 3.05) is 0 Å². The molecule has 0 fully saturated rings. The SMILES string of the molecule is Cc1[nH]nc(-c2ccncc2)c1CN. The highest BCUT2D eigenvalue weighted by Crippen LogP contribution is 2.21. The number of H-pyrrole nitrogens is 1. The summed E-state index contributed by atoms with van der Waals surface area (Å²) in [5.41, 5.74) is 9.72. The van der Waals surface area contributed by atoms with Gasteiger partial charge in [0.05, 0.1) is 5.69 Å². The van der Waals surface area contributed by atoms with Crippen LogP contribution in [0.15, 0.2) is 24.5 Å². The summed E-state index contributed by atoms with van der Waals surface area (Å²) in [6, 6.07) is 3.85. The minimum atomic E-state index is 0.500. The van der Waals surface area contributed by atoms with Crippen molar-refractivity contribution in [3.8, 4) is 11.3 Å². The highest BCUT2D eigenvalue weighted by molar-refractivity contribution is 5.63. The number of rotatable bonds is 2. The summed E-state index contributed by atoms with van der Waals surface area (Å²) < 4.78 is 0. The number of pyridine rings is 1. The van der Waals surface area contributed by atoms with Gasteiger partial charge in [-0.25, -0.2) is 0 Å². The fraction of sp³-hybridized carbons (Fsp3) is 0.200. The average Bonchev–Trinajstić information content (AvgIpc) is 2.61. The lowest BCUT2D eigenvalue weighted by molar-refractivity contribution is 1.03. The molecule has 0 radical (unpaired) electrons. The first-order valence-electron chi connectivity index (χ1n) is 4.47. The highest BCUT2D eigenvalue weighted by atomic mass is 15.1. The highest BCUT2D eigenvalue weighted by Gasteiger charge is 2.09. The maximum Gasteiger partial charge on any atom is 0.0969 e. The molecule has 2 aromatic heterocycles. The molecule has 4 nitrogen and oxygen atoms in total. The van der Waals surface area contributed by atoms with E-state index in [1.807, 2.05) is 19.1 Å². The number of hydrogen-bond acceptors (Lipinski definition) is 3. The number of aromatic amines is 1. The summed E-state index contributed by atoms with van der Waals surface area (Å²) >= 11 is 0. The monoisotopic (exact) mass is 188 g/mol. The molecule has 0 saturated heterocycles. The van der Waals surface area contributed by atoms with E-state index in [2.05, 4.69) is 15.2 Å². The van der Waals surface area contributed by atoms with Gasteiger partial charge in [-0.15, -0.1) is 0 Å². The third kappa shape index (κ3) is 1.40. The molecule has 0 saturated carbocycles. The molecule has 0 aliphatic carbocycles. The molecular weight excluding hydrogens is 176 g/mol. The second-order valence-corrected chi connectivity index (χ2v) is 3.12. The Labute approximate surface area is 82.2 Å². The van der Waals surface area contributed by atoms with Gasteiger partial charge >= 0.3 is 0 Å². The Kier molecular flexibility index (Phi) is 2.28. The molecule has 14 heavy (non-hydrogen) atoms. The van der Waals surface area contributed by atoms with E-state index in [4.69, 9.17) is 5.73 Å². The molecule has 2 heterocycles. The molecule has 0 bridgehead atoms. The van der Waals surface area contributed by atoms with E-state index in [0.717, 1.165) is 22.5 Å². The van der Waals surface area contributed by atoms with Crippen molar-refractivity contribution in [1.82, 2.24) is 15.2 Å². The summed E-state index contributed by atoms with van der Waals surface area (Å²) in [7, 11) is 0. The number of aryl methyl sites for hydroxylation is 1. The molecule has 72 valence electrons. The van der Waals surface area contributed by atoms with Crippen LogP contribution in [-0.4, -0.2) is 15.2 Å². The van der Waals surface area contributed by atoms with Crippen molar-refractivity contribution in [1.29, 1.82) is 0 Å². The molecule has 0 aliphatic heterocycles. The van der Waals surface area contributed by atoms with Crippen LogP contribution >= 0.6 is 0 Å². The van der Waals surface area contributed by atoms with Crippen LogP contribution in [0.2, 0.25) is 0 Å². The van der Waals surface area contributed by atoms with Crippen LogP contribution in [-0.2, 0) is 6.54 Å². The fourth-order valence-electron chi connectivity index (χ4n) is 1.45. The molecule has 0 atom stereocenters. The summed E-state index contributed by atoms with van der Waals surface area (Å²) in [4.78, 5) is 3.96. The van der Waals surface area contributed by atoms with Gasteiger partial charge in [-0.2, -0.15) is 5.10 Å². The Morgan fingerprint density at radius 1 is 1.36 bits per heavy atom. The Hall–Kier alpha value is -1.68. The van der Waals surface area contributed by atoms with Crippen LogP contribution in [0.25, 0.3) is 11.3 Å². The van der Waals surface area contributed by atoms with Crippen molar-refractivity contribution >= 4 is 0 Å². The lowest BCUT2D eigenvalue weighted by atomic mass is 10.1. The molecule has 0 amide bonds. The predicted octanol–water partition coefficient (Wildman–Crippen LogP) is 1.24. The van der Waals surface area contributed by atoms with Crippen LogP contribution in [0.4, 0.5) is 0 Å². The second kappa shape index (κ2) is 3.59. The Balaban J connectivity index is 2.52. The number of nitrogens with two attached hydrogens (primary N) is 1. The van der Waals surface area contributed by atoms with Gasteiger partial charge in [0, 0.05) is 35.8 Å². The quantitative estimate of drug-likeness (QED) is 0.745. The fourth-order valence-corrected chi connectivity index (χ4v) is 1.45. The first kappa shape index (κ1) is 8.90. The second-order valence-electron chi connectivity index (χ2n) is 3.12.